The van der Waals surface area contributed by atoms with Crippen LogP contribution >= 0.6 is 11.6 Å². The normalized spacial score (nSPS) is 12.8. The second kappa shape index (κ2) is 4.43. The van der Waals surface area contributed by atoms with E-state index < -0.39 is 5.97 Å². The van der Waals surface area contributed by atoms with Crippen molar-refractivity contribution in [2.45, 2.75) is 13.3 Å². The summed E-state index contributed by atoms with van der Waals surface area (Å²) in [6, 6.07) is 0. The lowest BCUT2D eigenvalue weighted by molar-refractivity contribution is 0.0689. The van der Waals surface area contributed by atoms with Gasteiger partial charge in [-0.05, 0) is 18.9 Å². The van der Waals surface area contributed by atoms with E-state index in [1.807, 2.05) is 6.92 Å². The standard InChI is InChI=1S/C8H12ClN3O2/c1-4(3-10)2-5-6(8(13)14)11-12-7(5)9/h4H,2-3,10H2,1H3,(H,11,12)(H,13,14). The number of halogens is 1. The number of carboxylic acids is 1. The van der Waals surface area contributed by atoms with Gasteiger partial charge in [-0.3, -0.25) is 5.10 Å². The van der Waals surface area contributed by atoms with Crippen molar-refractivity contribution in [3.8, 4) is 0 Å². The first-order valence-electron chi connectivity index (χ1n) is 4.22. The van der Waals surface area contributed by atoms with Gasteiger partial charge in [0.15, 0.2) is 5.69 Å². The molecule has 0 aliphatic heterocycles. The van der Waals surface area contributed by atoms with Crippen LogP contribution in [0.4, 0.5) is 0 Å². The summed E-state index contributed by atoms with van der Waals surface area (Å²) in [6.45, 7) is 2.41. The predicted octanol–water partition coefficient (Wildman–Crippen LogP) is 0.899. The second-order valence-electron chi connectivity index (χ2n) is 3.21. The molecule has 0 amide bonds. The number of aromatic amines is 1. The quantitative estimate of drug-likeness (QED) is 0.699. The molecule has 0 aromatic carbocycles. The van der Waals surface area contributed by atoms with Crippen LogP contribution in [0.25, 0.3) is 0 Å². The molecule has 0 bridgehead atoms. The number of hydrogen-bond acceptors (Lipinski definition) is 3. The van der Waals surface area contributed by atoms with E-state index in [1.54, 1.807) is 0 Å². The van der Waals surface area contributed by atoms with Crippen molar-refractivity contribution in [3.63, 3.8) is 0 Å². The number of nitrogens with two attached hydrogens (primary N) is 1. The summed E-state index contributed by atoms with van der Waals surface area (Å²) in [4.78, 5) is 10.7. The highest BCUT2D eigenvalue weighted by atomic mass is 35.5. The number of H-pyrrole nitrogens is 1. The van der Waals surface area contributed by atoms with Crippen LogP contribution in [0.3, 0.4) is 0 Å². The molecule has 0 aliphatic rings. The van der Waals surface area contributed by atoms with E-state index in [4.69, 9.17) is 22.4 Å². The van der Waals surface area contributed by atoms with Gasteiger partial charge in [-0.1, -0.05) is 18.5 Å². The average molecular weight is 218 g/mol. The van der Waals surface area contributed by atoms with Gasteiger partial charge in [-0.2, -0.15) is 5.10 Å². The van der Waals surface area contributed by atoms with Crippen LogP contribution in [0.1, 0.15) is 23.0 Å². The van der Waals surface area contributed by atoms with Crippen LogP contribution in [0.2, 0.25) is 5.15 Å². The van der Waals surface area contributed by atoms with Crippen LogP contribution in [0.5, 0.6) is 0 Å². The van der Waals surface area contributed by atoms with E-state index in [9.17, 15) is 4.79 Å². The Labute approximate surface area is 86.3 Å². The Morgan fingerprint density at radius 1 is 1.79 bits per heavy atom. The molecular weight excluding hydrogens is 206 g/mol. The lowest BCUT2D eigenvalue weighted by Crippen LogP contribution is -2.14. The predicted molar refractivity (Wildman–Crippen MR) is 52.5 cm³/mol. The molecule has 1 aromatic heterocycles. The topological polar surface area (TPSA) is 92.0 Å². The first-order chi connectivity index (χ1) is 6.56. The molecule has 0 spiro atoms. The molecule has 1 rings (SSSR count). The fourth-order valence-corrected chi connectivity index (χ4v) is 1.35. The third-order valence-electron chi connectivity index (χ3n) is 1.97. The van der Waals surface area contributed by atoms with Crippen molar-refractivity contribution in [2.75, 3.05) is 6.54 Å². The monoisotopic (exact) mass is 217 g/mol. The zero-order valence-electron chi connectivity index (χ0n) is 7.75. The summed E-state index contributed by atoms with van der Waals surface area (Å²) in [7, 11) is 0. The first-order valence-corrected chi connectivity index (χ1v) is 4.60. The van der Waals surface area contributed by atoms with Gasteiger partial charge >= 0.3 is 5.97 Å². The van der Waals surface area contributed by atoms with Crippen molar-refractivity contribution in [1.82, 2.24) is 10.2 Å². The third-order valence-corrected chi connectivity index (χ3v) is 2.29. The van der Waals surface area contributed by atoms with E-state index in [0.717, 1.165) is 0 Å². The van der Waals surface area contributed by atoms with Gasteiger partial charge in [0.2, 0.25) is 0 Å². The van der Waals surface area contributed by atoms with Crippen LogP contribution in [-0.4, -0.2) is 27.8 Å². The zero-order valence-corrected chi connectivity index (χ0v) is 8.51. The number of carboxylic acid groups (broad SMARTS) is 1. The lowest BCUT2D eigenvalue weighted by atomic mass is 10.0. The fourth-order valence-electron chi connectivity index (χ4n) is 1.14. The van der Waals surface area contributed by atoms with Crippen LogP contribution < -0.4 is 5.73 Å². The van der Waals surface area contributed by atoms with Crippen LogP contribution in [0.15, 0.2) is 0 Å². The maximum Gasteiger partial charge on any atom is 0.356 e. The Morgan fingerprint density at radius 2 is 2.43 bits per heavy atom. The van der Waals surface area contributed by atoms with Crippen molar-refractivity contribution in [1.29, 1.82) is 0 Å². The summed E-state index contributed by atoms with van der Waals surface area (Å²) >= 11 is 5.77. The SMILES string of the molecule is CC(CN)Cc1c(C(=O)O)n[nH]c1Cl. The minimum atomic E-state index is -1.08. The molecule has 0 saturated carbocycles. The van der Waals surface area contributed by atoms with Crippen LogP contribution in [0, 0.1) is 5.92 Å². The Kier molecular flexibility index (Phi) is 3.49. The van der Waals surface area contributed by atoms with Gasteiger partial charge in [0.05, 0.1) is 0 Å². The van der Waals surface area contributed by atoms with Gasteiger partial charge in [-0.25, -0.2) is 4.79 Å². The number of carbonyl (C=O) groups is 1. The van der Waals surface area contributed by atoms with E-state index in [0.29, 0.717) is 18.5 Å². The molecule has 0 saturated heterocycles. The largest absolute Gasteiger partial charge is 0.476 e. The average Bonchev–Trinajstić information content (AvgIpc) is 2.48. The van der Waals surface area contributed by atoms with E-state index >= 15 is 0 Å². The Hall–Kier alpha value is -1.07. The molecule has 1 heterocycles. The molecule has 0 aliphatic carbocycles. The first kappa shape index (κ1) is 11.0. The Balaban J connectivity index is 2.93. The molecule has 78 valence electrons. The number of hydrogen-bond donors (Lipinski definition) is 3. The van der Waals surface area contributed by atoms with E-state index in [2.05, 4.69) is 10.2 Å². The van der Waals surface area contributed by atoms with Gasteiger partial charge in [0.25, 0.3) is 0 Å². The van der Waals surface area contributed by atoms with Gasteiger partial charge < -0.3 is 10.8 Å². The summed E-state index contributed by atoms with van der Waals surface area (Å²) in [5, 5.41) is 15.1. The molecule has 0 radical (unpaired) electrons. The number of aromatic nitrogens is 2. The number of rotatable bonds is 4. The summed E-state index contributed by atoms with van der Waals surface area (Å²) in [5.41, 5.74) is 5.95. The molecular formula is C8H12ClN3O2. The number of nitrogens with zero attached hydrogens (tertiary/aromatic N) is 1. The highest BCUT2D eigenvalue weighted by molar-refractivity contribution is 6.30. The Morgan fingerprint density at radius 3 is 2.93 bits per heavy atom. The summed E-state index contributed by atoms with van der Waals surface area (Å²) in [6.07, 6.45) is 0.521. The molecule has 1 unspecified atom stereocenters. The molecule has 14 heavy (non-hydrogen) atoms. The third kappa shape index (κ3) is 2.24. The summed E-state index contributed by atoms with van der Waals surface area (Å²) < 4.78 is 0. The minimum Gasteiger partial charge on any atom is -0.476 e. The van der Waals surface area contributed by atoms with E-state index in [-0.39, 0.29) is 16.8 Å². The van der Waals surface area contributed by atoms with Crippen LogP contribution in [-0.2, 0) is 6.42 Å². The number of aromatic carboxylic acids is 1. The highest BCUT2D eigenvalue weighted by Crippen LogP contribution is 2.20. The molecule has 1 aromatic rings. The van der Waals surface area contributed by atoms with Gasteiger partial charge in [0.1, 0.15) is 5.15 Å². The molecule has 6 heteroatoms. The smallest absolute Gasteiger partial charge is 0.356 e. The molecule has 5 nitrogen and oxygen atoms in total. The maximum atomic E-state index is 10.7. The molecule has 4 N–H and O–H groups in total. The zero-order chi connectivity index (χ0) is 10.7. The highest BCUT2D eigenvalue weighted by Gasteiger charge is 2.19. The molecule has 0 fully saturated rings. The lowest BCUT2D eigenvalue weighted by Gasteiger charge is -2.06. The van der Waals surface area contributed by atoms with Crippen molar-refractivity contribution in [3.05, 3.63) is 16.4 Å². The minimum absolute atomic E-state index is 0.0182. The van der Waals surface area contributed by atoms with Crippen molar-refractivity contribution < 1.29 is 9.90 Å². The Bertz CT molecular complexity index is 337. The van der Waals surface area contributed by atoms with E-state index in [1.165, 1.54) is 0 Å². The maximum absolute atomic E-state index is 10.7. The second-order valence-corrected chi connectivity index (χ2v) is 3.59. The fraction of sp³-hybridized carbons (Fsp3) is 0.500. The van der Waals surface area contributed by atoms with Crippen molar-refractivity contribution >= 4 is 17.6 Å². The number of nitrogens with one attached hydrogen (secondary N) is 1. The van der Waals surface area contributed by atoms with Gasteiger partial charge in [0, 0.05) is 5.56 Å². The van der Waals surface area contributed by atoms with Crippen molar-refractivity contribution in [2.24, 2.45) is 11.7 Å². The molecule has 1 atom stereocenters. The van der Waals surface area contributed by atoms with Gasteiger partial charge in [-0.15, -0.1) is 0 Å². The summed E-state index contributed by atoms with van der Waals surface area (Å²) in [5.74, 6) is -0.893.